The minimum atomic E-state index is -0.228. The molecule has 3 rings (SSSR count). The summed E-state index contributed by atoms with van der Waals surface area (Å²) in [5, 5.41) is 8.52. The number of nitrogens with one attached hydrogen (secondary N) is 1. The number of aryl methyl sites for hydroxylation is 1. The van der Waals surface area contributed by atoms with Crippen LogP contribution in [0, 0.1) is 19.7 Å². The Morgan fingerprint density at radius 1 is 1.40 bits per heavy atom. The van der Waals surface area contributed by atoms with Crippen LogP contribution in [0.25, 0.3) is 5.69 Å². The first kappa shape index (κ1) is 13.6. The Hall–Kier alpha value is -1.39. The van der Waals surface area contributed by atoms with E-state index in [2.05, 4.69) is 10.4 Å². The van der Waals surface area contributed by atoms with Gasteiger partial charge in [-0.05, 0) is 50.5 Å². The van der Waals surface area contributed by atoms with Gasteiger partial charge < -0.3 is 5.32 Å². The molecule has 1 aliphatic rings. The van der Waals surface area contributed by atoms with Gasteiger partial charge in [-0.15, -0.1) is 0 Å². The molecule has 1 heterocycles. The number of hydrogen-bond acceptors (Lipinski definition) is 2. The van der Waals surface area contributed by atoms with Crippen molar-refractivity contribution in [3.05, 3.63) is 46.0 Å². The van der Waals surface area contributed by atoms with Crippen molar-refractivity contribution in [1.82, 2.24) is 15.1 Å². The van der Waals surface area contributed by atoms with Gasteiger partial charge in [0.05, 0.1) is 22.1 Å². The van der Waals surface area contributed by atoms with Crippen LogP contribution in [0.5, 0.6) is 0 Å². The minimum absolute atomic E-state index is 0.228. The van der Waals surface area contributed by atoms with Crippen molar-refractivity contribution in [2.75, 3.05) is 0 Å². The smallest absolute Gasteiger partial charge is 0.123 e. The molecule has 1 fully saturated rings. The second-order valence-electron chi connectivity index (χ2n) is 5.32. The summed E-state index contributed by atoms with van der Waals surface area (Å²) in [4.78, 5) is 0. The van der Waals surface area contributed by atoms with Crippen molar-refractivity contribution < 1.29 is 4.39 Å². The number of halogens is 2. The molecule has 0 bridgehead atoms. The lowest BCUT2D eigenvalue weighted by atomic mass is 10.1. The molecule has 2 aromatic rings. The van der Waals surface area contributed by atoms with Gasteiger partial charge >= 0.3 is 0 Å². The molecule has 106 valence electrons. The van der Waals surface area contributed by atoms with Crippen molar-refractivity contribution in [2.24, 2.45) is 0 Å². The van der Waals surface area contributed by atoms with E-state index in [-0.39, 0.29) is 5.82 Å². The molecule has 1 N–H and O–H groups in total. The summed E-state index contributed by atoms with van der Waals surface area (Å²) < 4.78 is 15.3. The van der Waals surface area contributed by atoms with Crippen LogP contribution < -0.4 is 5.32 Å². The van der Waals surface area contributed by atoms with Gasteiger partial charge in [0.2, 0.25) is 0 Å². The number of aromatic nitrogens is 2. The quantitative estimate of drug-likeness (QED) is 0.934. The fraction of sp³-hybridized carbons (Fsp3) is 0.400. The normalized spacial score (nSPS) is 14.8. The maximum Gasteiger partial charge on any atom is 0.123 e. The molecule has 3 nitrogen and oxygen atoms in total. The molecule has 1 aliphatic carbocycles. The second-order valence-corrected chi connectivity index (χ2v) is 5.70. The number of hydrogen-bond donors (Lipinski definition) is 1. The fourth-order valence-corrected chi connectivity index (χ4v) is 2.42. The van der Waals surface area contributed by atoms with Crippen molar-refractivity contribution in [3.8, 4) is 5.69 Å². The average Bonchev–Trinajstić information content (AvgIpc) is 3.21. The monoisotopic (exact) mass is 293 g/mol. The maximum atomic E-state index is 13.5. The van der Waals surface area contributed by atoms with Crippen LogP contribution in [0.2, 0.25) is 5.02 Å². The lowest BCUT2D eigenvalue weighted by Crippen LogP contribution is -2.17. The van der Waals surface area contributed by atoms with E-state index in [1.807, 2.05) is 13.8 Å². The third kappa shape index (κ3) is 2.58. The van der Waals surface area contributed by atoms with Crippen molar-refractivity contribution in [2.45, 2.75) is 39.3 Å². The minimum Gasteiger partial charge on any atom is -0.310 e. The summed E-state index contributed by atoms with van der Waals surface area (Å²) in [6.45, 7) is 4.44. The summed E-state index contributed by atoms with van der Waals surface area (Å²) in [6.07, 6.45) is 2.41. The molecule has 0 radical (unpaired) electrons. The molecular weight excluding hydrogens is 277 g/mol. The van der Waals surface area contributed by atoms with Crippen molar-refractivity contribution >= 4 is 11.6 Å². The predicted molar refractivity (Wildman–Crippen MR) is 77.9 cm³/mol. The van der Waals surface area contributed by atoms with Crippen molar-refractivity contribution in [3.63, 3.8) is 0 Å². The second kappa shape index (κ2) is 5.19. The van der Waals surface area contributed by atoms with Gasteiger partial charge in [-0.1, -0.05) is 11.6 Å². The van der Waals surface area contributed by atoms with Crippen LogP contribution in [0.15, 0.2) is 18.2 Å². The van der Waals surface area contributed by atoms with Crippen LogP contribution >= 0.6 is 11.6 Å². The Kier molecular flexibility index (Phi) is 3.52. The van der Waals surface area contributed by atoms with Gasteiger partial charge in [-0.25, -0.2) is 9.07 Å². The molecule has 0 aliphatic heterocycles. The van der Waals surface area contributed by atoms with E-state index in [0.717, 1.165) is 22.6 Å². The van der Waals surface area contributed by atoms with Gasteiger partial charge in [0.1, 0.15) is 5.82 Å². The largest absolute Gasteiger partial charge is 0.310 e. The maximum absolute atomic E-state index is 13.5. The highest BCUT2D eigenvalue weighted by molar-refractivity contribution is 6.31. The zero-order chi connectivity index (χ0) is 14.3. The molecule has 0 atom stereocenters. The number of benzene rings is 1. The highest BCUT2D eigenvalue weighted by atomic mass is 35.5. The third-order valence-electron chi connectivity index (χ3n) is 3.63. The molecule has 1 aromatic heterocycles. The fourth-order valence-electron chi connectivity index (χ4n) is 2.30. The Morgan fingerprint density at radius 2 is 2.15 bits per heavy atom. The molecule has 0 spiro atoms. The van der Waals surface area contributed by atoms with Crippen LogP contribution in [-0.2, 0) is 6.54 Å². The van der Waals surface area contributed by atoms with Crippen LogP contribution in [0.1, 0.15) is 29.8 Å². The molecule has 20 heavy (non-hydrogen) atoms. The average molecular weight is 294 g/mol. The highest BCUT2D eigenvalue weighted by Gasteiger charge is 2.21. The summed E-state index contributed by atoms with van der Waals surface area (Å²) in [6, 6.07) is 5.36. The first-order valence-electron chi connectivity index (χ1n) is 6.80. The van der Waals surface area contributed by atoms with E-state index < -0.39 is 0 Å². The van der Waals surface area contributed by atoms with E-state index in [1.54, 1.807) is 16.8 Å². The Labute approximate surface area is 122 Å². The predicted octanol–water partition coefficient (Wildman–Crippen LogP) is 3.53. The topological polar surface area (TPSA) is 29.9 Å². The van der Waals surface area contributed by atoms with Gasteiger partial charge in [-0.3, -0.25) is 0 Å². The van der Waals surface area contributed by atoms with Crippen LogP contribution in [-0.4, -0.2) is 15.8 Å². The van der Waals surface area contributed by atoms with E-state index in [4.69, 9.17) is 11.6 Å². The van der Waals surface area contributed by atoms with E-state index in [1.165, 1.54) is 18.9 Å². The van der Waals surface area contributed by atoms with E-state index in [9.17, 15) is 4.39 Å². The van der Waals surface area contributed by atoms with Crippen molar-refractivity contribution in [1.29, 1.82) is 0 Å². The lowest BCUT2D eigenvalue weighted by molar-refractivity contribution is 0.616. The first-order chi connectivity index (χ1) is 9.56. The van der Waals surface area contributed by atoms with Gasteiger partial charge in [-0.2, -0.15) is 5.10 Å². The molecular formula is C15H17ClFN3. The third-order valence-corrected chi connectivity index (χ3v) is 4.18. The molecule has 5 heteroatoms. The van der Waals surface area contributed by atoms with Crippen LogP contribution in [0.3, 0.4) is 0 Å². The zero-order valence-electron chi connectivity index (χ0n) is 11.6. The Bertz CT molecular complexity index is 647. The highest BCUT2D eigenvalue weighted by Crippen LogP contribution is 2.26. The van der Waals surface area contributed by atoms with Gasteiger partial charge in [0.25, 0.3) is 0 Å². The van der Waals surface area contributed by atoms with E-state index in [0.29, 0.717) is 17.6 Å². The lowest BCUT2D eigenvalue weighted by Gasteiger charge is -2.12. The van der Waals surface area contributed by atoms with E-state index >= 15 is 0 Å². The Morgan fingerprint density at radius 3 is 2.75 bits per heavy atom. The zero-order valence-corrected chi connectivity index (χ0v) is 12.3. The first-order valence-corrected chi connectivity index (χ1v) is 7.18. The Balaban J connectivity index is 2.00. The summed E-state index contributed by atoms with van der Waals surface area (Å²) in [5.41, 5.74) is 3.45. The number of rotatable bonds is 4. The number of nitrogens with zero attached hydrogens (tertiary/aromatic N) is 2. The van der Waals surface area contributed by atoms with Crippen LogP contribution in [0.4, 0.5) is 4.39 Å². The molecule has 0 amide bonds. The summed E-state index contributed by atoms with van der Waals surface area (Å²) in [5.74, 6) is -0.228. The SMILES string of the molecule is Cc1nn(-c2ccc(F)cc2CNC2CC2)c(C)c1Cl. The molecule has 1 saturated carbocycles. The van der Waals surface area contributed by atoms with Gasteiger partial charge in [0.15, 0.2) is 0 Å². The summed E-state index contributed by atoms with van der Waals surface area (Å²) >= 11 is 6.20. The molecule has 0 unspecified atom stereocenters. The van der Waals surface area contributed by atoms with Gasteiger partial charge in [0, 0.05) is 12.6 Å². The molecule has 1 aromatic carbocycles. The summed E-state index contributed by atoms with van der Waals surface area (Å²) in [7, 11) is 0. The molecule has 0 saturated heterocycles. The standard InChI is InChI=1S/C15H17ClFN3/c1-9-15(16)10(2)20(19-9)14-6-3-12(17)7-11(14)8-18-13-4-5-13/h3,6-7,13,18H,4-5,8H2,1-2H3.